The van der Waals surface area contributed by atoms with E-state index in [0.717, 1.165) is 65.1 Å². The van der Waals surface area contributed by atoms with Crippen LogP contribution in [0.25, 0.3) is 12.2 Å². The molecule has 0 saturated heterocycles. The molecule has 4 rings (SSSR count). The van der Waals surface area contributed by atoms with E-state index in [1.807, 2.05) is 79.0 Å². The van der Waals surface area contributed by atoms with Crippen molar-refractivity contribution in [1.29, 1.82) is 0 Å². The summed E-state index contributed by atoms with van der Waals surface area (Å²) in [5, 5.41) is 0. The molecule has 0 aromatic heterocycles. The van der Waals surface area contributed by atoms with Crippen LogP contribution in [0.4, 0.5) is 0 Å². The number of aldehydes is 1. The molecule has 0 radical (unpaired) electrons. The highest BCUT2D eigenvalue weighted by Gasteiger charge is 1.98. The Morgan fingerprint density at radius 3 is 1.40 bits per heavy atom. The number of aliphatic imine (C=N–C) groups is 1. The van der Waals surface area contributed by atoms with Crippen LogP contribution >= 0.6 is 0 Å². The van der Waals surface area contributed by atoms with Crippen molar-refractivity contribution in [3.63, 3.8) is 0 Å². The molecule has 0 aliphatic rings. The number of unbranched alkanes of at least 4 members (excludes halogenated alkanes) is 2. The quantitative estimate of drug-likeness (QED) is 0.0833. The lowest BCUT2D eigenvalue weighted by Crippen LogP contribution is -1.95. The molecule has 0 aliphatic carbocycles. The van der Waals surface area contributed by atoms with Crippen LogP contribution in [0, 0.1) is 0 Å². The van der Waals surface area contributed by atoms with Crippen LogP contribution in [0.15, 0.2) is 115 Å². The Hall–Kier alpha value is -4.74. The summed E-state index contributed by atoms with van der Waals surface area (Å²) in [7, 11) is 0. The molecule has 0 aliphatic heterocycles. The van der Waals surface area contributed by atoms with E-state index < -0.39 is 0 Å². The molecule has 236 valence electrons. The predicted molar refractivity (Wildman–Crippen MR) is 191 cm³/mol. The molecule has 5 heteroatoms. The van der Waals surface area contributed by atoms with Crippen LogP contribution in [0.5, 0.6) is 11.5 Å². The summed E-state index contributed by atoms with van der Waals surface area (Å²) in [6, 6.07) is 31.3. The Morgan fingerprint density at radius 2 is 1.04 bits per heavy atom. The number of ether oxygens (including phenoxy) is 2. The minimum Gasteiger partial charge on any atom is -0.489 e. The number of hydrogen-bond acceptors (Lipinski definition) is 5. The van der Waals surface area contributed by atoms with Crippen LogP contribution in [0.3, 0.4) is 0 Å². The molecule has 0 bridgehead atoms. The van der Waals surface area contributed by atoms with E-state index >= 15 is 0 Å². The maximum Gasteiger partial charge on any atom is 0.150 e. The molecule has 45 heavy (non-hydrogen) atoms. The number of carbonyl (C=O) groups is 1. The monoisotopic (exact) mass is 604 g/mol. The summed E-state index contributed by atoms with van der Waals surface area (Å²) in [6.07, 6.45) is 11.1. The van der Waals surface area contributed by atoms with Gasteiger partial charge in [-0.1, -0.05) is 101 Å². The first kappa shape index (κ1) is 36.5. The Bertz CT molecular complexity index is 1340. The number of nitrogens with zero attached hydrogens (tertiary/aromatic N) is 1. The topological polar surface area (TPSA) is 73.9 Å². The summed E-state index contributed by atoms with van der Waals surface area (Å²) < 4.78 is 11.4. The molecule has 0 fully saturated rings. The van der Waals surface area contributed by atoms with Gasteiger partial charge in [0.15, 0.2) is 0 Å². The first-order chi connectivity index (χ1) is 22.0. The van der Waals surface area contributed by atoms with Gasteiger partial charge in [-0.05, 0) is 95.7 Å². The lowest BCUT2D eigenvalue weighted by Gasteiger charge is -2.07. The highest BCUT2D eigenvalue weighted by atomic mass is 16.5. The van der Waals surface area contributed by atoms with Crippen molar-refractivity contribution in [1.82, 2.24) is 0 Å². The van der Waals surface area contributed by atoms with E-state index in [2.05, 4.69) is 44.1 Å². The molecule has 4 aromatic rings. The zero-order valence-corrected chi connectivity index (χ0v) is 26.9. The number of rotatable bonds is 15. The lowest BCUT2D eigenvalue weighted by atomic mass is 10.1. The second kappa shape index (κ2) is 22.8. The van der Waals surface area contributed by atoms with E-state index in [4.69, 9.17) is 15.2 Å². The molecule has 0 heterocycles. The van der Waals surface area contributed by atoms with Gasteiger partial charge in [0.1, 0.15) is 31.0 Å². The minimum atomic E-state index is 0.512. The van der Waals surface area contributed by atoms with Crippen molar-refractivity contribution in [3.05, 3.63) is 144 Å². The van der Waals surface area contributed by atoms with Crippen LogP contribution in [-0.2, 0) is 13.2 Å². The molecule has 5 nitrogen and oxygen atoms in total. The summed E-state index contributed by atoms with van der Waals surface area (Å²) in [5.74, 6) is 1.63. The Balaban J connectivity index is 0.000000277. The van der Waals surface area contributed by atoms with Crippen molar-refractivity contribution >= 4 is 24.7 Å². The van der Waals surface area contributed by atoms with Gasteiger partial charge in [0.25, 0.3) is 0 Å². The fraction of sp³-hybridized carbons (Fsp3) is 0.250. The van der Waals surface area contributed by atoms with Gasteiger partial charge >= 0.3 is 0 Å². The molecule has 4 aromatic carbocycles. The largest absolute Gasteiger partial charge is 0.489 e. The van der Waals surface area contributed by atoms with Crippen molar-refractivity contribution in [2.45, 2.75) is 52.7 Å². The fourth-order valence-corrected chi connectivity index (χ4v) is 3.75. The summed E-state index contributed by atoms with van der Waals surface area (Å²) in [5.41, 5.74) is 11.4. The molecular weight excluding hydrogens is 556 g/mol. The predicted octanol–water partition coefficient (Wildman–Crippen LogP) is 9.59. The van der Waals surface area contributed by atoms with Crippen molar-refractivity contribution in [2.75, 3.05) is 13.1 Å². The molecule has 0 spiro atoms. The zero-order chi connectivity index (χ0) is 32.5. The highest BCUT2D eigenvalue weighted by Crippen LogP contribution is 2.15. The van der Waals surface area contributed by atoms with Crippen LogP contribution in [0.1, 0.15) is 77.7 Å². The minimum absolute atomic E-state index is 0.512. The van der Waals surface area contributed by atoms with Crippen LogP contribution < -0.4 is 15.2 Å². The van der Waals surface area contributed by atoms with Gasteiger partial charge in [0.2, 0.25) is 0 Å². The van der Waals surface area contributed by atoms with Gasteiger partial charge < -0.3 is 15.2 Å². The first-order valence-electron chi connectivity index (χ1n) is 15.6. The van der Waals surface area contributed by atoms with Crippen molar-refractivity contribution < 1.29 is 14.3 Å². The van der Waals surface area contributed by atoms with E-state index in [1.54, 1.807) is 24.3 Å². The number of nitrogens with two attached hydrogens (primary N) is 1. The second-order valence-electron chi connectivity index (χ2n) is 10.3. The average molecular weight is 605 g/mol. The molecule has 0 saturated carbocycles. The van der Waals surface area contributed by atoms with Crippen LogP contribution in [0.2, 0.25) is 0 Å². The zero-order valence-electron chi connectivity index (χ0n) is 26.9. The highest BCUT2D eigenvalue weighted by molar-refractivity contribution is 5.79. The molecule has 0 unspecified atom stereocenters. The lowest BCUT2D eigenvalue weighted by molar-refractivity contribution is 0.112. The van der Waals surface area contributed by atoms with Gasteiger partial charge in [-0.2, -0.15) is 0 Å². The van der Waals surface area contributed by atoms with Gasteiger partial charge in [-0.25, -0.2) is 0 Å². The summed E-state index contributed by atoms with van der Waals surface area (Å²) in [6.45, 7) is 14.6. The normalized spacial score (nSPS) is 10.1. The number of hydrogen-bond donors (Lipinski definition) is 1. The fourth-order valence-electron chi connectivity index (χ4n) is 3.75. The maximum absolute atomic E-state index is 10.5. The van der Waals surface area contributed by atoms with Crippen LogP contribution in [-0.4, -0.2) is 25.6 Å². The molecule has 0 amide bonds. The third kappa shape index (κ3) is 15.5. The Morgan fingerprint density at radius 1 is 0.622 bits per heavy atom. The standard InChI is InChI=1S/C20H23NO.C16H14O2.C4H11N/c1-3-5-14-21-15-18-10-12-20(13-11-18)22-16-19-8-6-17(4-2)7-9-19;1-2-13-3-5-15(6-4-13)12-18-16-9-7-14(11-17)8-10-16;1-2-3-4-5/h4,6-13,15H,2-3,5,14,16H2,1H3;2-11H,1,12H2;2-5H2,1H3. The maximum atomic E-state index is 10.5. The first-order valence-corrected chi connectivity index (χ1v) is 15.6. The third-order valence-electron chi connectivity index (χ3n) is 6.58. The van der Waals surface area contributed by atoms with Gasteiger partial charge in [-0.15, -0.1) is 0 Å². The van der Waals surface area contributed by atoms with Gasteiger partial charge in [0, 0.05) is 18.3 Å². The average Bonchev–Trinajstić information content (AvgIpc) is 3.10. The molecular formula is C40H48N2O3. The molecule has 0 atom stereocenters. The van der Waals surface area contributed by atoms with Crippen molar-refractivity contribution in [3.8, 4) is 11.5 Å². The van der Waals surface area contributed by atoms with E-state index in [1.165, 1.54) is 19.3 Å². The third-order valence-corrected chi connectivity index (χ3v) is 6.58. The van der Waals surface area contributed by atoms with Gasteiger partial charge in [0.05, 0.1) is 0 Å². The Kier molecular flexibility index (Phi) is 18.4. The summed E-state index contributed by atoms with van der Waals surface area (Å²) in [4.78, 5) is 14.9. The van der Waals surface area contributed by atoms with E-state index in [-0.39, 0.29) is 0 Å². The number of benzene rings is 4. The van der Waals surface area contributed by atoms with Crippen molar-refractivity contribution in [2.24, 2.45) is 10.7 Å². The van der Waals surface area contributed by atoms with E-state index in [9.17, 15) is 4.79 Å². The SMILES string of the molecule is C=Cc1ccc(COc2ccc(C=NCCCC)cc2)cc1.C=Cc1ccc(COc2ccc(C=O)cc2)cc1.CCCCN. The smallest absolute Gasteiger partial charge is 0.150 e. The van der Waals surface area contributed by atoms with E-state index in [0.29, 0.717) is 18.8 Å². The molecule has 2 N–H and O–H groups in total. The van der Waals surface area contributed by atoms with Gasteiger partial charge in [-0.3, -0.25) is 9.79 Å². The Labute approximate surface area is 270 Å². The number of carbonyl (C=O) groups excluding carboxylic acids is 1. The summed E-state index contributed by atoms with van der Waals surface area (Å²) >= 11 is 0. The second-order valence-corrected chi connectivity index (χ2v) is 10.3.